The molecule has 0 saturated carbocycles. The van der Waals surface area contributed by atoms with Crippen LogP contribution in [0.1, 0.15) is 28.0 Å². The number of aromatic nitrogens is 1. The number of carbonyl (C=O) groups is 1. The Morgan fingerprint density at radius 1 is 1.35 bits per heavy atom. The third kappa shape index (κ3) is 2.29. The van der Waals surface area contributed by atoms with E-state index in [1.807, 2.05) is 24.0 Å². The molecular formula is C16H15ClN2O. The van der Waals surface area contributed by atoms with Gasteiger partial charge >= 0.3 is 0 Å². The maximum Gasteiger partial charge on any atom is 0.276 e. The van der Waals surface area contributed by atoms with Crippen molar-refractivity contribution in [1.29, 1.82) is 0 Å². The first kappa shape index (κ1) is 13.1. The number of aryl methyl sites for hydroxylation is 2. The van der Waals surface area contributed by atoms with E-state index in [-0.39, 0.29) is 5.91 Å². The number of benzene rings is 1. The van der Waals surface area contributed by atoms with Gasteiger partial charge in [0.2, 0.25) is 0 Å². The first-order valence-corrected chi connectivity index (χ1v) is 7.06. The predicted molar refractivity (Wildman–Crippen MR) is 80.4 cm³/mol. The molecule has 102 valence electrons. The number of hydrogen-bond acceptors (Lipinski definition) is 2. The van der Waals surface area contributed by atoms with Crippen LogP contribution in [0.5, 0.6) is 0 Å². The smallest absolute Gasteiger partial charge is 0.276 e. The second-order valence-electron chi connectivity index (χ2n) is 5.00. The average molecular weight is 287 g/mol. The SMILES string of the molecule is Cc1cccc2c1N(C(=O)c1cc(Cl)ccn1)CCC2. The van der Waals surface area contributed by atoms with Crippen LogP contribution in [0, 0.1) is 6.92 Å². The number of hydrogen-bond donors (Lipinski definition) is 0. The van der Waals surface area contributed by atoms with E-state index >= 15 is 0 Å². The number of rotatable bonds is 1. The molecular weight excluding hydrogens is 272 g/mol. The standard InChI is InChI=1S/C16H15ClN2O/c1-11-4-2-5-12-6-3-9-19(15(11)12)16(20)14-10-13(17)7-8-18-14/h2,4-5,7-8,10H,3,6,9H2,1H3. The largest absolute Gasteiger partial charge is 0.306 e. The summed E-state index contributed by atoms with van der Waals surface area (Å²) in [5.41, 5.74) is 3.78. The number of anilines is 1. The topological polar surface area (TPSA) is 33.2 Å². The minimum atomic E-state index is -0.0808. The molecule has 0 radical (unpaired) electrons. The number of pyridine rings is 1. The molecule has 0 bridgehead atoms. The lowest BCUT2D eigenvalue weighted by molar-refractivity contribution is 0.0980. The zero-order chi connectivity index (χ0) is 14.1. The van der Waals surface area contributed by atoms with E-state index in [4.69, 9.17) is 11.6 Å². The summed E-state index contributed by atoms with van der Waals surface area (Å²) >= 11 is 5.95. The van der Waals surface area contributed by atoms with E-state index < -0.39 is 0 Å². The molecule has 2 aromatic rings. The van der Waals surface area contributed by atoms with Gasteiger partial charge in [-0.25, -0.2) is 0 Å². The van der Waals surface area contributed by atoms with E-state index in [2.05, 4.69) is 11.1 Å². The summed E-state index contributed by atoms with van der Waals surface area (Å²) in [5.74, 6) is -0.0808. The third-order valence-corrected chi connectivity index (χ3v) is 3.84. The molecule has 1 aliphatic rings. The molecule has 0 atom stereocenters. The Morgan fingerprint density at radius 2 is 2.20 bits per heavy atom. The Kier molecular flexibility index (Phi) is 3.45. The predicted octanol–water partition coefficient (Wildman–Crippen LogP) is 3.64. The van der Waals surface area contributed by atoms with Crippen LogP contribution < -0.4 is 4.90 Å². The van der Waals surface area contributed by atoms with Gasteiger partial charge in [-0.05, 0) is 43.0 Å². The van der Waals surface area contributed by atoms with E-state index in [0.717, 1.165) is 30.6 Å². The Hall–Kier alpha value is -1.87. The molecule has 4 heteroatoms. The maximum atomic E-state index is 12.7. The molecule has 3 nitrogen and oxygen atoms in total. The lowest BCUT2D eigenvalue weighted by Crippen LogP contribution is -2.36. The minimum absolute atomic E-state index is 0.0808. The van der Waals surface area contributed by atoms with E-state index in [1.54, 1.807) is 18.3 Å². The first-order chi connectivity index (χ1) is 9.66. The van der Waals surface area contributed by atoms with Crippen molar-refractivity contribution in [2.75, 3.05) is 11.4 Å². The molecule has 2 heterocycles. The number of nitrogens with zero attached hydrogens (tertiary/aromatic N) is 2. The lowest BCUT2D eigenvalue weighted by atomic mass is 9.98. The summed E-state index contributed by atoms with van der Waals surface area (Å²) in [6, 6.07) is 9.47. The van der Waals surface area contributed by atoms with Crippen LogP contribution in [0.4, 0.5) is 5.69 Å². The van der Waals surface area contributed by atoms with Gasteiger partial charge in [-0.15, -0.1) is 0 Å². The monoisotopic (exact) mass is 286 g/mol. The second kappa shape index (κ2) is 5.25. The van der Waals surface area contributed by atoms with Crippen LogP contribution in [0.25, 0.3) is 0 Å². The van der Waals surface area contributed by atoms with Gasteiger partial charge in [-0.1, -0.05) is 29.8 Å². The molecule has 0 spiro atoms. The van der Waals surface area contributed by atoms with Gasteiger partial charge < -0.3 is 4.90 Å². The second-order valence-corrected chi connectivity index (χ2v) is 5.44. The van der Waals surface area contributed by atoms with Crippen LogP contribution in [-0.4, -0.2) is 17.4 Å². The van der Waals surface area contributed by atoms with Gasteiger partial charge in [0, 0.05) is 17.8 Å². The summed E-state index contributed by atoms with van der Waals surface area (Å²) in [5, 5.41) is 0.533. The lowest BCUT2D eigenvalue weighted by Gasteiger charge is -2.30. The minimum Gasteiger partial charge on any atom is -0.306 e. The van der Waals surface area contributed by atoms with Crippen molar-refractivity contribution in [3.63, 3.8) is 0 Å². The van der Waals surface area contributed by atoms with Crippen LogP contribution in [-0.2, 0) is 6.42 Å². The van der Waals surface area contributed by atoms with Crippen molar-refractivity contribution in [3.8, 4) is 0 Å². The van der Waals surface area contributed by atoms with Crippen LogP contribution in [0.15, 0.2) is 36.5 Å². The van der Waals surface area contributed by atoms with E-state index in [9.17, 15) is 4.79 Å². The number of fused-ring (bicyclic) bond motifs is 1. The summed E-state index contributed by atoms with van der Waals surface area (Å²) < 4.78 is 0. The highest BCUT2D eigenvalue weighted by Crippen LogP contribution is 2.31. The number of amides is 1. The first-order valence-electron chi connectivity index (χ1n) is 6.69. The zero-order valence-electron chi connectivity index (χ0n) is 11.3. The van der Waals surface area contributed by atoms with Gasteiger partial charge in [-0.3, -0.25) is 9.78 Å². The van der Waals surface area contributed by atoms with Crippen LogP contribution >= 0.6 is 11.6 Å². The molecule has 1 amide bonds. The summed E-state index contributed by atoms with van der Waals surface area (Å²) in [6.07, 6.45) is 3.56. The highest BCUT2D eigenvalue weighted by molar-refractivity contribution is 6.31. The normalized spacial score (nSPS) is 14.0. The Balaban J connectivity index is 2.03. The van der Waals surface area contributed by atoms with E-state index in [0.29, 0.717) is 10.7 Å². The number of para-hydroxylation sites is 1. The Labute approximate surface area is 123 Å². The quantitative estimate of drug-likeness (QED) is 0.802. The maximum absolute atomic E-state index is 12.7. The van der Waals surface area contributed by atoms with Crippen LogP contribution in [0.3, 0.4) is 0 Å². The van der Waals surface area contributed by atoms with Gasteiger partial charge in [-0.2, -0.15) is 0 Å². The molecule has 1 aliphatic heterocycles. The fraction of sp³-hybridized carbons (Fsp3) is 0.250. The fourth-order valence-electron chi connectivity index (χ4n) is 2.71. The van der Waals surface area contributed by atoms with Crippen molar-refractivity contribution in [2.24, 2.45) is 0 Å². The highest BCUT2D eigenvalue weighted by Gasteiger charge is 2.25. The summed E-state index contributed by atoms with van der Waals surface area (Å²) in [4.78, 5) is 18.6. The van der Waals surface area contributed by atoms with Crippen molar-refractivity contribution in [2.45, 2.75) is 19.8 Å². The van der Waals surface area contributed by atoms with Crippen molar-refractivity contribution >= 4 is 23.2 Å². The van der Waals surface area contributed by atoms with E-state index in [1.165, 1.54) is 5.56 Å². The molecule has 0 saturated heterocycles. The highest BCUT2D eigenvalue weighted by atomic mass is 35.5. The van der Waals surface area contributed by atoms with Gasteiger partial charge in [0.1, 0.15) is 5.69 Å². The summed E-state index contributed by atoms with van der Waals surface area (Å²) in [7, 11) is 0. The number of carbonyl (C=O) groups excluding carboxylic acids is 1. The van der Waals surface area contributed by atoms with Crippen LogP contribution in [0.2, 0.25) is 5.02 Å². The molecule has 3 rings (SSSR count). The fourth-order valence-corrected chi connectivity index (χ4v) is 2.87. The molecule has 1 aromatic heterocycles. The Morgan fingerprint density at radius 3 is 3.00 bits per heavy atom. The summed E-state index contributed by atoms with van der Waals surface area (Å²) in [6.45, 7) is 2.76. The number of halogens is 1. The molecule has 1 aromatic carbocycles. The van der Waals surface area contributed by atoms with Crippen molar-refractivity contribution < 1.29 is 4.79 Å². The average Bonchev–Trinajstić information content (AvgIpc) is 2.46. The van der Waals surface area contributed by atoms with Gasteiger partial charge in [0.05, 0.1) is 5.69 Å². The molecule has 0 fully saturated rings. The Bertz CT molecular complexity index is 669. The zero-order valence-corrected chi connectivity index (χ0v) is 12.0. The van der Waals surface area contributed by atoms with Crippen molar-refractivity contribution in [1.82, 2.24) is 4.98 Å². The van der Waals surface area contributed by atoms with Gasteiger partial charge in [0.15, 0.2) is 0 Å². The van der Waals surface area contributed by atoms with Crippen molar-refractivity contribution in [3.05, 3.63) is 58.4 Å². The molecule has 0 unspecified atom stereocenters. The molecule has 0 aliphatic carbocycles. The third-order valence-electron chi connectivity index (χ3n) is 3.61. The molecule has 20 heavy (non-hydrogen) atoms. The van der Waals surface area contributed by atoms with Gasteiger partial charge in [0.25, 0.3) is 5.91 Å². The molecule has 0 N–H and O–H groups in total.